The maximum atomic E-state index is 5.82. The average Bonchev–Trinajstić information content (AvgIpc) is 3.29. The summed E-state index contributed by atoms with van der Waals surface area (Å²) in [5, 5.41) is 4.40. The van der Waals surface area contributed by atoms with E-state index in [0.717, 1.165) is 69.7 Å². The average molecular weight is 471 g/mol. The van der Waals surface area contributed by atoms with Gasteiger partial charge in [-0.15, -0.1) is 0 Å². The summed E-state index contributed by atoms with van der Waals surface area (Å²) in [6.45, 7) is 12.3. The molecule has 4 rings (SSSR count). The number of thiocarbonyl (C=S) groups is 1. The molecule has 2 aliphatic rings. The molecule has 1 N–H and O–H groups in total. The van der Waals surface area contributed by atoms with Crippen LogP contribution in [-0.4, -0.2) is 89.4 Å². The van der Waals surface area contributed by atoms with E-state index >= 15 is 0 Å². The van der Waals surface area contributed by atoms with Crippen LogP contribution in [0.2, 0.25) is 0 Å². The Morgan fingerprint density at radius 1 is 1.15 bits per heavy atom. The zero-order valence-electron chi connectivity index (χ0n) is 20.5. The fraction of sp³-hybridized carbons (Fsp3) is 0.600. The molecule has 2 aromatic rings. The predicted octanol–water partition coefficient (Wildman–Crippen LogP) is 2.76. The third kappa shape index (κ3) is 5.57. The summed E-state index contributed by atoms with van der Waals surface area (Å²) in [6.07, 6.45) is 3.01. The Hall–Kier alpha value is -2.00. The second-order valence-electron chi connectivity index (χ2n) is 9.41. The minimum Gasteiger partial charge on any atom is -0.379 e. The Labute approximate surface area is 203 Å². The summed E-state index contributed by atoms with van der Waals surface area (Å²) in [7, 11) is 4.22. The molecule has 7 nitrogen and oxygen atoms in total. The fourth-order valence-corrected chi connectivity index (χ4v) is 5.37. The van der Waals surface area contributed by atoms with Gasteiger partial charge in [0.2, 0.25) is 0 Å². The van der Waals surface area contributed by atoms with Gasteiger partial charge in [0.1, 0.15) is 0 Å². The molecule has 0 radical (unpaired) electrons. The first-order chi connectivity index (χ1) is 16.0. The maximum Gasteiger partial charge on any atom is 0.170 e. The monoisotopic (exact) mass is 470 g/mol. The van der Waals surface area contributed by atoms with Crippen LogP contribution in [0.1, 0.15) is 41.1 Å². The van der Waals surface area contributed by atoms with Crippen LogP contribution in [0.5, 0.6) is 0 Å². The van der Waals surface area contributed by atoms with E-state index < -0.39 is 0 Å². The van der Waals surface area contributed by atoms with Gasteiger partial charge >= 0.3 is 0 Å². The number of likely N-dealkylation sites (N-methyl/N-ethyl adjacent to an activating group) is 1. The summed E-state index contributed by atoms with van der Waals surface area (Å²) in [4.78, 5) is 11.8. The van der Waals surface area contributed by atoms with Gasteiger partial charge in [-0.1, -0.05) is 6.07 Å². The molecule has 8 heteroatoms. The van der Waals surface area contributed by atoms with Crippen LogP contribution in [0, 0.1) is 13.8 Å². The maximum absolute atomic E-state index is 5.82. The minimum absolute atomic E-state index is 0.0446. The van der Waals surface area contributed by atoms with Crippen LogP contribution in [0.25, 0.3) is 0 Å². The van der Waals surface area contributed by atoms with Crippen molar-refractivity contribution in [3.8, 4) is 0 Å². The van der Waals surface area contributed by atoms with Gasteiger partial charge in [-0.2, -0.15) is 0 Å². The molecule has 2 atom stereocenters. The first-order valence-corrected chi connectivity index (χ1v) is 12.5. The normalized spacial score (nSPS) is 21.7. The number of rotatable bonds is 9. The van der Waals surface area contributed by atoms with Crippen molar-refractivity contribution in [2.24, 2.45) is 0 Å². The van der Waals surface area contributed by atoms with Crippen LogP contribution < -0.4 is 5.32 Å². The van der Waals surface area contributed by atoms with E-state index in [-0.39, 0.29) is 12.1 Å². The summed E-state index contributed by atoms with van der Waals surface area (Å²) < 4.78 is 7.97. The third-order valence-electron chi connectivity index (χ3n) is 6.88. The van der Waals surface area contributed by atoms with Crippen molar-refractivity contribution in [2.75, 3.05) is 60.0 Å². The smallest absolute Gasteiger partial charge is 0.170 e. The molecule has 0 aliphatic carbocycles. The van der Waals surface area contributed by atoms with E-state index in [1.807, 2.05) is 12.3 Å². The highest BCUT2D eigenvalue weighted by atomic mass is 32.1. The van der Waals surface area contributed by atoms with Crippen molar-refractivity contribution >= 4 is 17.3 Å². The van der Waals surface area contributed by atoms with Gasteiger partial charge in [-0.25, -0.2) is 0 Å². The van der Waals surface area contributed by atoms with Crippen molar-refractivity contribution in [1.29, 1.82) is 0 Å². The van der Waals surface area contributed by atoms with Crippen molar-refractivity contribution in [1.82, 2.24) is 29.6 Å². The Bertz CT molecular complexity index is 924. The van der Waals surface area contributed by atoms with E-state index in [1.165, 1.54) is 17.0 Å². The number of pyridine rings is 1. The van der Waals surface area contributed by atoms with Crippen LogP contribution in [0.15, 0.2) is 30.5 Å². The molecule has 0 amide bonds. The molecule has 180 valence electrons. The van der Waals surface area contributed by atoms with Gasteiger partial charge in [-0.3, -0.25) is 9.88 Å². The lowest BCUT2D eigenvalue weighted by Crippen LogP contribution is -2.37. The summed E-state index contributed by atoms with van der Waals surface area (Å²) >= 11 is 5.82. The quantitative estimate of drug-likeness (QED) is 0.566. The molecule has 2 saturated heterocycles. The molecule has 0 aromatic carbocycles. The largest absolute Gasteiger partial charge is 0.379 e. The minimum atomic E-state index is 0.0446. The Kier molecular flexibility index (Phi) is 8.01. The molecular weight excluding hydrogens is 432 g/mol. The van der Waals surface area contributed by atoms with E-state index in [2.05, 4.69) is 75.7 Å². The fourth-order valence-electron chi connectivity index (χ4n) is 5.04. The Morgan fingerprint density at radius 3 is 2.64 bits per heavy atom. The van der Waals surface area contributed by atoms with E-state index in [1.54, 1.807) is 0 Å². The second kappa shape index (κ2) is 11.0. The molecule has 2 aromatic heterocycles. The number of nitrogens with one attached hydrogen (secondary N) is 1. The molecule has 0 bridgehead atoms. The van der Waals surface area contributed by atoms with Crippen molar-refractivity contribution in [3.63, 3.8) is 0 Å². The number of hydrogen-bond donors (Lipinski definition) is 1. The van der Waals surface area contributed by atoms with E-state index in [9.17, 15) is 0 Å². The van der Waals surface area contributed by atoms with Gasteiger partial charge in [0, 0.05) is 56.9 Å². The lowest BCUT2D eigenvalue weighted by Gasteiger charge is -2.29. The molecule has 4 heterocycles. The molecule has 33 heavy (non-hydrogen) atoms. The number of aromatic nitrogens is 2. The van der Waals surface area contributed by atoms with Gasteiger partial charge in [0.25, 0.3) is 0 Å². The summed E-state index contributed by atoms with van der Waals surface area (Å²) in [6, 6.07) is 8.67. The van der Waals surface area contributed by atoms with E-state index in [0.29, 0.717) is 0 Å². The Morgan fingerprint density at radius 2 is 1.94 bits per heavy atom. The topological polar surface area (TPSA) is 48.8 Å². The van der Waals surface area contributed by atoms with Crippen molar-refractivity contribution in [2.45, 2.75) is 38.9 Å². The highest BCUT2D eigenvalue weighted by Gasteiger charge is 2.41. The third-order valence-corrected chi connectivity index (χ3v) is 7.23. The summed E-state index contributed by atoms with van der Waals surface area (Å²) in [5.74, 6) is 0. The van der Waals surface area contributed by atoms with Gasteiger partial charge in [0.05, 0.1) is 31.0 Å². The van der Waals surface area contributed by atoms with Crippen LogP contribution in [0.3, 0.4) is 0 Å². The number of nitrogens with zero attached hydrogens (tertiary/aromatic N) is 5. The molecule has 2 fully saturated rings. The lowest BCUT2D eigenvalue weighted by molar-refractivity contribution is 0.0369. The van der Waals surface area contributed by atoms with Crippen LogP contribution in [0.4, 0.5) is 0 Å². The highest BCUT2D eigenvalue weighted by molar-refractivity contribution is 7.80. The SMILES string of the molecule is Cc1cc([C@@H]2[C@@H](c3ccccn3)NC(=S)N2CCN(C)C)c(C)n1CCCN1CCOCC1. The van der Waals surface area contributed by atoms with Gasteiger partial charge in [0.15, 0.2) is 5.11 Å². The first-order valence-electron chi connectivity index (χ1n) is 12.0. The van der Waals surface area contributed by atoms with Crippen molar-refractivity contribution < 1.29 is 4.74 Å². The first kappa shape index (κ1) is 24.1. The van der Waals surface area contributed by atoms with Gasteiger partial charge < -0.3 is 24.4 Å². The number of aryl methyl sites for hydroxylation is 1. The molecule has 0 saturated carbocycles. The standard InChI is InChI=1S/C25H38N6OS/c1-19-18-21(20(2)30(19)11-7-10-29-14-16-32-17-15-29)24-23(22-8-5-6-9-26-22)27-25(33)31(24)13-12-28(3)4/h5-6,8-9,18,23-24H,7,10-17H2,1-4H3,(H,27,33)/t23-,24-/m1/s1. The van der Waals surface area contributed by atoms with Crippen LogP contribution in [-0.2, 0) is 11.3 Å². The van der Waals surface area contributed by atoms with Gasteiger partial charge in [-0.05, 0) is 70.3 Å². The van der Waals surface area contributed by atoms with E-state index in [4.69, 9.17) is 17.0 Å². The lowest BCUT2D eigenvalue weighted by atomic mass is 9.97. The number of morpholine rings is 1. The summed E-state index contributed by atoms with van der Waals surface area (Å²) in [5.41, 5.74) is 5.03. The molecule has 2 aliphatic heterocycles. The highest BCUT2D eigenvalue weighted by Crippen LogP contribution is 2.40. The molecule has 0 unspecified atom stereocenters. The zero-order valence-corrected chi connectivity index (χ0v) is 21.3. The zero-order chi connectivity index (χ0) is 23.4. The molecule has 0 spiro atoms. The number of hydrogen-bond acceptors (Lipinski definition) is 5. The second-order valence-corrected chi connectivity index (χ2v) is 9.80. The Balaban J connectivity index is 1.57. The predicted molar refractivity (Wildman–Crippen MR) is 136 cm³/mol. The number of ether oxygens (including phenoxy) is 1. The van der Waals surface area contributed by atoms with Crippen LogP contribution >= 0.6 is 12.2 Å². The molecular formula is C25H38N6OS. The van der Waals surface area contributed by atoms with Crippen molar-refractivity contribution in [3.05, 3.63) is 53.1 Å².